The van der Waals surface area contributed by atoms with E-state index in [2.05, 4.69) is 34.9 Å². The maximum Gasteiger partial charge on any atom is 0.0738 e. The van der Waals surface area contributed by atoms with Crippen LogP contribution in [0.3, 0.4) is 0 Å². The number of hydrogen-bond donors (Lipinski definition) is 1. The molecule has 2 rings (SSSR count). The lowest BCUT2D eigenvalue weighted by Crippen LogP contribution is -2.52. The van der Waals surface area contributed by atoms with Gasteiger partial charge in [0, 0.05) is 19.0 Å². The summed E-state index contributed by atoms with van der Waals surface area (Å²) in [6, 6.07) is 0. The van der Waals surface area contributed by atoms with Crippen LogP contribution in [0, 0.1) is 18.8 Å². The first kappa shape index (κ1) is 14.1. The molecule has 2 N–H and O–H groups in total. The Balaban J connectivity index is 2.26. The number of hydrogen-bond acceptors (Lipinski definition) is 2. The maximum atomic E-state index is 6.71. The van der Waals surface area contributed by atoms with Crippen molar-refractivity contribution < 1.29 is 0 Å². The van der Waals surface area contributed by atoms with E-state index in [4.69, 9.17) is 5.73 Å². The summed E-state index contributed by atoms with van der Waals surface area (Å²) in [6.07, 6.45) is 4.58. The highest BCUT2D eigenvalue weighted by Crippen LogP contribution is 2.38. The van der Waals surface area contributed by atoms with Gasteiger partial charge in [-0.25, -0.2) is 0 Å². The standard InChI is InChI=1S/C14H24BrN3/c1-9-5-6-10(2)14(16,7-9)8-12-13(15)11(3)17-18(12)4/h9-10H,5-8,16H2,1-4H3. The summed E-state index contributed by atoms with van der Waals surface area (Å²) in [6.45, 7) is 6.64. The van der Waals surface area contributed by atoms with Gasteiger partial charge in [-0.1, -0.05) is 20.3 Å². The minimum absolute atomic E-state index is 0.0829. The average molecular weight is 314 g/mol. The molecule has 0 saturated heterocycles. The summed E-state index contributed by atoms with van der Waals surface area (Å²) in [5.41, 5.74) is 8.91. The van der Waals surface area contributed by atoms with Gasteiger partial charge in [-0.2, -0.15) is 5.10 Å². The SMILES string of the molecule is Cc1nn(C)c(CC2(N)CC(C)CCC2C)c1Br. The molecule has 1 aromatic heterocycles. The minimum atomic E-state index is -0.0829. The molecular weight excluding hydrogens is 290 g/mol. The zero-order valence-electron chi connectivity index (χ0n) is 11.8. The van der Waals surface area contributed by atoms with Crippen LogP contribution in [0.4, 0.5) is 0 Å². The number of rotatable bonds is 2. The molecule has 102 valence electrons. The molecule has 4 heteroatoms. The molecule has 1 saturated carbocycles. The molecule has 3 unspecified atom stereocenters. The predicted molar refractivity (Wildman–Crippen MR) is 78.4 cm³/mol. The number of halogens is 1. The Labute approximate surface area is 118 Å². The van der Waals surface area contributed by atoms with Crippen molar-refractivity contribution in [1.29, 1.82) is 0 Å². The van der Waals surface area contributed by atoms with Gasteiger partial charge in [0.1, 0.15) is 0 Å². The monoisotopic (exact) mass is 313 g/mol. The highest BCUT2D eigenvalue weighted by molar-refractivity contribution is 9.10. The van der Waals surface area contributed by atoms with Crippen LogP contribution in [-0.4, -0.2) is 15.3 Å². The van der Waals surface area contributed by atoms with Crippen molar-refractivity contribution in [2.24, 2.45) is 24.6 Å². The van der Waals surface area contributed by atoms with Crippen LogP contribution in [0.25, 0.3) is 0 Å². The van der Waals surface area contributed by atoms with Crippen LogP contribution in [0.1, 0.15) is 44.5 Å². The van der Waals surface area contributed by atoms with Crippen molar-refractivity contribution in [2.75, 3.05) is 0 Å². The van der Waals surface area contributed by atoms with Gasteiger partial charge >= 0.3 is 0 Å². The summed E-state index contributed by atoms with van der Waals surface area (Å²) in [5.74, 6) is 1.31. The summed E-state index contributed by atoms with van der Waals surface area (Å²) in [7, 11) is 2.01. The maximum absolute atomic E-state index is 6.71. The van der Waals surface area contributed by atoms with Crippen LogP contribution < -0.4 is 5.73 Å². The Morgan fingerprint density at radius 1 is 1.44 bits per heavy atom. The largest absolute Gasteiger partial charge is 0.324 e. The van der Waals surface area contributed by atoms with E-state index >= 15 is 0 Å². The van der Waals surface area contributed by atoms with E-state index in [0.29, 0.717) is 5.92 Å². The van der Waals surface area contributed by atoms with E-state index in [1.165, 1.54) is 18.5 Å². The third-order valence-corrected chi connectivity index (χ3v) is 5.59. The smallest absolute Gasteiger partial charge is 0.0738 e. The second-order valence-corrected chi connectivity index (χ2v) is 6.96. The van der Waals surface area contributed by atoms with Gasteiger partial charge in [-0.3, -0.25) is 4.68 Å². The molecule has 0 aromatic carbocycles. The van der Waals surface area contributed by atoms with Crippen LogP contribution in [-0.2, 0) is 13.5 Å². The Hall–Kier alpha value is -0.350. The summed E-state index contributed by atoms with van der Waals surface area (Å²) >= 11 is 3.65. The fourth-order valence-electron chi connectivity index (χ4n) is 3.20. The average Bonchev–Trinajstić information content (AvgIpc) is 2.51. The Morgan fingerprint density at radius 3 is 2.67 bits per heavy atom. The fraction of sp³-hybridized carbons (Fsp3) is 0.786. The lowest BCUT2D eigenvalue weighted by molar-refractivity contribution is 0.158. The van der Waals surface area contributed by atoms with Gasteiger partial charge in [-0.05, 0) is 47.5 Å². The molecule has 0 bridgehead atoms. The molecule has 1 aliphatic rings. The van der Waals surface area contributed by atoms with Crippen LogP contribution >= 0.6 is 15.9 Å². The number of aromatic nitrogens is 2. The number of aryl methyl sites for hydroxylation is 2. The van der Waals surface area contributed by atoms with Crippen molar-refractivity contribution in [2.45, 2.75) is 52.0 Å². The van der Waals surface area contributed by atoms with E-state index in [0.717, 1.165) is 28.9 Å². The topological polar surface area (TPSA) is 43.8 Å². The second-order valence-electron chi connectivity index (χ2n) is 6.17. The molecule has 0 aliphatic heterocycles. The van der Waals surface area contributed by atoms with E-state index < -0.39 is 0 Å². The van der Waals surface area contributed by atoms with Gasteiger partial charge in [0.25, 0.3) is 0 Å². The molecule has 1 fully saturated rings. The van der Waals surface area contributed by atoms with E-state index in [9.17, 15) is 0 Å². The molecule has 3 nitrogen and oxygen atoms in total. The molecular formula is C14H24BrN3. The molecule has 0 spiro atoms. The van der Waals surface area contributed by atoms with E-state index in [-0.39, 0.29) is 5.54 Å². The molecule has 0 radical (unpaired) electrons. The Bertz CT molecular complexity index is 440. The first-order valence-electron chi connectivity index (χ1n) is 6.80. The Morgan fingerprint density at radius 2 is 2.11 bits per heavy atom. The lowest BCUT2D eigenvalue weighted by atomic mass is 9.68. The van der Waals surface area contributed by atoms with Gasteiger partial charge in [0.05, 0.1) is 15.9 Å². The van der Waals surface area contributed by atoms with Crippen molar-refractivity contribution in [3.63, 3.8) is 0 Å². The summed E-state index contributed by atoms with van der Waals surface area (Å²) < 4.78 is 3.10. The third kappa shape index (κ3) is 2.50. The molecule has 0 amide bonds. The van der Waals surface area contributed by atoms with Crippen molar-refractivity contribution >= 4 is 15.9 Å². The molecule has 3 atom stereocenters. The van der Waals surface area contributed by atoms with Crippen LogP contribution in [0.5, 0.6) is 0 Å². The van der Waals surface area contributed by atoms with Gasteiger partial charge in [-0.15, -0.1) is 0 Å². The van der Waals surface area contributed by atoms with Crippen LogP contribution in [0.15, 0.2) is 4.47 Å². The van der Waals surface area contributed by atoms with Crippen LogP contribution in [0.2, 0.25) is 0 Å². The molecule has 1 aliphatic carbocycles. The zero-order chi connectivity index (χ0) is 13.5. The lowest BCUT2D eigenvalue weighted by Gasteiger charge is -2.42. The first-order valence-corrected chi connectivity index (χ1v) is 7.59. The second kappa shape index (κ2) is 4.97. The quantitative estimate of drug-likeness (QED) is 0.911. The van der Waals surface area contributed by atoms with Gasteiger partial charge in [0.15, 0.2) is 0 Å². The van der Waals surface area contributed by atoms with Crippen molar-refractivity contribution in [1.82, 2.24) is 9.78 Å². The highest BCUT2D eigenvalue weighted by atomic mass is 79.9. The highest BCUT2D eigenvalue weighted by Gasteiger charge is 2.38. The molecule has 18 heavy (non-hydrogen) atoms. The van der Waals surface area contributed by atoms with Gasteiger partial charge in [0.2, 0.25) is 0 Å². The minimum Gasteiger partial charge on any atom is -0.324 e. The Kier molecular flexibility index (Phi) is 3.88. The number of nitrogens with zero attached hydrogens (tertiary/aromatic N) is 2. The fourth-order valence-corrected chi connectivity index (χ4v) is 3.68. The molecule has 1 heterocycles. The van der Waals surface area contributed by atoms with Crippen molar-refractivity contribution in [3.8, 4) is 0 Å². The summed E-state index contributed by atoms with van der Waals surface area (Å²) in [5, 5.41) is 4.47. The number of nitrogens with two attached hydrogens (primary N) is 1. The summed E-state index contributed by atoms with van der Waals surface area (Å²) in [4.78, 5) is 0. The van der Waals surface area contributed by atoms with E-state index in [1.54, 1.807) is 0 Å². The van der Waals surface area contributed by atoms with Crippen molar-refractivity contribution in [3.05, 3.63) is 15.9 Å². The predicted octanol–water partition coefficient (Wildman–Crippen LogP) is 3.19. The van der Waals surface area contributed by atoms with Gasteiger partial charge < -0.3 is 5.73 Å². The first-order chi connectivity index (χ1) is 8.33. The zero-order valence-corrected chi connectivity index (χ0v) is 13.4. The third-order valence-electron chi connectivity index (χ3n) is 4.56. The molecule has 1 aromatic rings. The normalized spacial score (nSPS) is 32.8. The van der Waals surface area contributed by atoms with E-state index in [1.807, 2.05) is 18.7 Å².